The number of methoxy groups -OCH3 is 1. The topological polar surface area (TPSA) is 65.3 Å². The quantitative estimate of drug-likeness (QED) is 0.487. The van der Waals surface area contributed by atoms with Crippen molar-refractivity contribution in [3.63, 3.8) is 0 Å². The molecule has 1 aromatic heterocycles. The predicted octanol–water partition coefficient (Wildman–Crippen LogP) is 2.83. The third-order valence-corrected chi connectivity index (χ3v) is 2.41. The standard InChI is InChI=1S/C8H7BrF2N2O3/c1-16-5-3-12-4(2-9)7(13(14)15)6(5)8(10)11/h3,8H,2H2,1H3. The number of halogens is 3. The number of ether oxygens (including phenoxy) is 1. The maximum atomic E-state index is 12.7. The van der Waals surface area contributed by atoms with Crippen LogP contribution in [0.1, 0.15) is 17.7 Å². The number of pyridine rings is 1. The van der Waals surface area contributed by atoms with Crippen LogP contribution >= 0.6 is 15.9 Å². The number of nitro groups is 1. The Bertz CT molecular complexity index is 415. The second-order valence-corrected chi connectivity index (χ2v) is 3.29. The molecule has 0 aliphatic heterocycles. The Morgan fingerprint density at radius 1 is 1.69 bits per heavy atom. The summed E-state index contributed by atoms with van der Waals surface area (Å²) in [6, 6.07) is 0. The SMILES string of the molecule is COc1cnc(CBr)c([N+](=O)[O-])c1C(F)F. The van der Waals surface area contributed by atoms with Crippen molar-refractivity contribution in [2.75, 3.05) is 7.11 Å². The zero-order valence-electron chi connectivity index (χ0n) is 8.11. The van der Waals surface area contributed by atoms with Crippen LogP contribution in [0.25, 0.3) is 0 Å². The normalized spacial score (nSPS) is 10.6. The number of rotatable bonds is 4. The van der Waals surface area contributed by atoms with Crippen molar-refractivity contribution in [3.05, 3.63) is 27.6 Å². The van der Waals surface area contributed by atoms with Crippen molar-refractivity contribution >= 4 is 21.6 Å². The van der Waals surface area contributed by atoms with Gasteiger partial charge in [0.05, 0.1) is 23.6 Å². The molecular weight excluding hydrogens is 290 g/mol. The molecule has 0 aromatic carbocycles. The molecular formula is C8H7BrF2N2O3. The van der Waals surface area contributed by atoms with Crippen molar-refractivity contribution < 1.29 is 18.4 Å². The molecule has 1 aromatic rings. The van der Waals surface area contributed by atoms with Crippen molar-refractivity contribution in [1.82, 2.24) is 4.98 Å². The summed E-state index contributed by atoms with van der Waals surface area (Å²) in [5.74, 6) is -0.286. The molecule has 0 radical (unpaired) electrons. The van der Waals surface area contributed by atoms with E-state index in [9.17, 15) is 18.9 Å². The first-order chi connectivity index (χ1) is 7.52. The zero-order chi connectivity index (χ0) is 12.3. The Morgan fingerprint density at radius 2 is 2.31 bits per heavy atom. The highest BCUT2D eigenvalue weighted by molar-refractivity contribution is 9.08. The van der Waals surface area contributed by atoms with E-state index in [1.807, 2.05) is 0 Å². The van der Waals surface area contributed by atoms with Crippen LogP contribution in [0, 0.1) is 10.1 Å². The molecule has 0 aliphatic rings. The minimum Gasteiger partial charge on any atom is -0.494 e. The lowest BCUT2D eigenvalue weighted by Crippen LogP contribution is -2.04. The average molecular weight is 297 g/mol. The van der Waals surface area contributed by atoms with Crippen LogP contribution in [0.5, 0.6) is 5.75 Å². The Hall–Kier alpha value is -1.31. The highest BCUT2D eigenvalue weighted by Gasteiger charge is 2.30. The number of hydrogen-bond donors (Lipinski definition) is 0. The fourth-order valence-electron chi connectivity index (χ4n) is 1.21. The van der Waals surface area contributed by atoms with Crippen molar-refractivity contribution in [2.24, 2.45) is 0 Å². The van der Waals surface area contributed by atoms with Crippen molar-refractivity contribution in [3.8, 4) is 5.75 Å². The molecule has 0 fully saturated rings. The lowest BCUT2D eigenvalue weighted by molar-refractivity contribution is -0.387. The van der Waals surface area contributed by atoms with Crippen LogP contribution in [-0.4, -0.2) is 17.0 Å². The molecule has 16 heavy (non-hydrogen) atoms. The summed E-state index contributed by atoms with van der Waals surface area (Å²) < 4.78 is 30.1. The van der Waals surface area contributed by atoms with Gasteiger partial charge in [-0.1, -0.05) is 15.9 Å². The third-order valence-electron chi connectivity index (χ3n) is 1.88. The maximum absolute atomic E-state index is 12.7. The first-order valence-electron chi connectivity index (χ1n) is 4.07. The lowest BCUT2D eigenvalue weighted by Gasteiger charge is -2.09. The number of alkyl halides is 3. The summed E-state index contributed by atoms with van der Waals surface area (Å²) in [7, 11) is 1.15. The summed E-state index contributed by atoms with van der Waals surface area (Å²) in [4.78, 5) is 13.5. The van der Waals surface area contributed by atoms with E-state index < -0.39 is 22.6 Å². The van der Waals surface area contributed by atoms with Crippen LogP contribution in [0.2, 0.25) is 0 Å². The van der Waals surface area contributed by atoms with Gasteiger partial charge in [-0.15, -0.1) is 0 Å². The Labute approximate surface area is 97.7 Å². The van der Waals surface area contributed by atoms with Crippen LogP contribution < -0.4 is 4.74 Å². The molecule has 0 atom stereocenters. The van der Waals surface area contributed by atoms with Crippen molar-refractivity contribution in [2.45, 2.75) is 11.8 Å². The molecule has 0 saturated carbocycles. The van der Waals surface area contributed by atoms with Gasteiger partial charge in [0, 0.05) is 0 Å². The largest absolute Gasteiger partial charge is 0.494 e. The summed E-state index contributed by atoms with van der Waals surface area (Å²) >= 11 is 2.95. The van der Waals surface area contributed by atoms with E-state index in [-0.39, 0.29) is 16.8 Å². The van der Waals surface area contributed by atoms with Gasteiger partial charge in [-0.05, 0) is 0 Å². The summed E-state index contributed by atoms with van der Waals surface area (Å²) in [6.45, 7) is 0. The summed E-state index contributed by atoms with van der Waals surface area (Å²) in [6.07, 6.45) is -1.94. The molecule has 1 rings (SSSR count). The summed E-state index contributed by atoms with van der Waals surface area (Å²) in [5.41, 5.74) is -1.50. The number of aromatic nitrogens is 1. The van der Waals surface area contributed by atoms with Crippen LogP contribution in [0.4, 0.5) is 14.5 Å². The molecule has 8 heteroatoms. The first kappa shape index (κ1) is 12.8. The molecule has 0 saturated heterocycles. The van der Waals surface area contributed by atoms with Crippen LogP contribution in [-0.2, 0) is 5.33 Å². The second-order valence-electron chi connectivity index (χ2n) is 2.73. The van der Waals surface area contributed by atoms with E-state index in [1.165, 1.54) is 0 Å². The van der Waals surface area contributed by atoms with E-state index in [4.69, 9.17) is 0 Å². The molecule has 0 spiro atoms. The Morgan fingerprint density at radius 3 is 2.69 bits per heavy atom. The average Bonchev–Trinajstić information content (AvgIpc) is 2.26. The Kier molecular flexibility index (Phi) is 4.11. The van der Waals surface area contributed by atoms with Crippen molar-refractivity contribution in [1.29, 1.82) is 0 Å². The van der Waals surface area contributed by atoms with E-state index in [0.29, 0.717) is 0 Å². The second kappa shape index (κ2) is 5.15. The van der Waals surface area contributed by atoms with E-state index >= 15 is 0 Å². The molecule has 0 unspecified atom stereocenters. The summed E-state index contributed by atoms with van der Waals surface area (Å²) in [5, 5.41) is 10.8. The maximum Gasteiger partial charge on any atom is 0.304 e. The molecule has 1 heterocycles. The molecule has 0 aliphatic carbocycles. The third kappa shape index (κ3) is 2.26. The minimum atomic E-state index is -2.99. The molecule has 88 valence electrons. The molecule has 0 amide bonds. The van der Waals surface area contributed by atoms with Gasteiger partial charge < -0.3 is 4.74 Å². The van der Waals surface area contributed by atoms with Gasteiger partial charge in [-0.25, -0.2) is 13.8 Å². The highest BCUT2D eigenvalue weighted by atomic mass is 79.9. The fraction of sp³-hybridized carbons (Fsp3) is 0.375. The highest BCUT2D eigenvalue weighted by Crippen LogP contribution is 2.38. The number of hydrogen-bond acceptors (Lipinski definition) is 4. The fourth-order valence-corrected chi connectivity index (χ4v) is 1.62. The van der Waals surface area contributed by atoms with Crippen LogP contribution in [0.3, 0.4) is 0 Å². The van der Waals surface area contributed by atoms with Gasteiger partial charge in [-0.2, -0.15) is 0 Å². The smallest absolute Gasteiger partial charge is 0.304 e. The van der Waals surface area contributed by atoms with Gasteiger partial charge >= 0.3 is 5.69 Å². The monoisotopic (exact) mass is 296 g/mol. The minimum absolute atomic E-state index is 0.0209. The molecule has 5 nitrogen and oxygen atoms in total. The molecule has 0 bridgehead atoms. The lowest BCUT2D eigenvalue weighted by atomic mass is 10.1. The molecule has 0 N–H and O–H groups in total. The number of nitrogens with zero attached hydrogens (tertiary/aromatic N) is 2. The van der Waals surface area contributed by atoms with Gasteiger partial charge in [0.2, 0.25) is 0 Å². The zero-order valence-corrected chi connectivity index (χ0v) is 9.70. The van der Waals surface area contributed by atoms with E-state index in [1.54, 1.807) is 0 Å². The van der Waals surface area contributed by atoms with E-state index in [0.717, 1.165) is 13.3 Å². The Balaban J connectivity index is 3.53. The predicted molar refractivity (Wildman–Crippen MR) is 55.0 cm³/mol. The van der Waals surface area contributed by atoms with Gasteiger partial charge in [0.15, 0.2) is 5.75 Å². The van der Waals surface area contributed by atoms with Gasteiger partial charge in [0.1, 0.15) is 11.3 Å². The van der Waals surface area contributed by atoms with Gasteiger partial charge in [-0.3, -0.25) is 10.1 Å². The first-order valence-corrected chi connectivity index (χ1v) is 5.19. The van der Waals surface area contributed by atoms with Crippen LogP contribution in [0.15, 0.2) is 6.20 Å². The van der Waals surface area contributed by atoms with E-state index in [2.05, 4.69) is 25.7 Å². The van der Waals surface area contributed by atoms with Gasteiger partial charge in [0.25, 0.3) is 6.43 Å².